The summed E-state index contributed by atoms with van der Waals surface area (Å²) >= 11 is 0. The highest BCUT2D eigenvalue weighted by Crippen LogP contribution is 2.34. The average molecular weight is 651 g/mol. The van der Waals surface area contributed by atoms with Crippen LogP contribution in [0.2, 0.25) is 0 Å². The molecule has 1 aliphatic carbocycles. The number of sulfonamides is 1. The van der Waals surface area contributed by atoms with Crippen LogP contribution in [0.5, 0.6) is 0 Å². The highest BCUT2D eigenvalue weighted by Gasteiger charge is 2.41. The quantitative estimate of drug-likeness (QED) is 0.227. The summed E-state index contributed by atoms with van der Waals surface area (Å²) in [5, 5.41) is 6.63. The summed E-state index contributed by atoms with van der Waals surface area (Å²) < 4.78 is 56.5. The van der Waals surface area contributed by atoms with Gasteiger partial charge in [-0.15, -0.1) is 0 Å². The van der Waals surface area contributed by atoms with Crippen molar-refractivity contribution in [2.75, 3.05) is 61.8 Å². The third-order valence-electron chi connectivity index (χ3n) is 8.96. The van der Waals surface area contributed by atoms with E-state index in [9.17, 15) is 17.6 Å². The zero-order chi connectivity index (χ0) is 32.0. The Hall–Kier alpha value is -4.14. The summed E-state index contributed by atoms with van der Waals surface area (Å²) in [6, 6.07) is 9.95. The number of anilines is 4. The number of halogens is 2. The number of likely N-dealkylation sites (N-methyl/N-ethyl adjacent to an activating group) is 1. The van der Waals surface area contributed by atoms with Gasteiger partial charge >= 0.3 is 0 Å². The van der Waals surface area contributed by atoms with Crippen molar-refractivity contribution >= 4 is 50.0 Å². The summed E-state index contributed by atoms with van der Waals surface area (Å²) in [6.07, 6.45) is 4.29. The second-order valence-corrected chi connectivity index (χ2v) is 14.5. The molecule has 4 heterocycles. The number of carbonyl (C=O) groups is 1. The molecule has 0 unspecified atom stereocenters. The number of nitrogens with one attached hydrogen (secondary N) is 3. The van der Waals surface area contributed by atoms with Crippen molar-refractivity contribution in [3.63, 3.8) is 0 Å². The average Bonchev–Trinajstić information content (AvgIpc) is 3.82. The number of carbonyl (C=O) groups excluding carboxylic acids is 1. The molecule has 3 N–H and O–H groups in total. The van der Waals surface area contributed by atoms with Gasteiger partial charge in [0.05, 0.1) is 21.9 Å². The van der Waals surface area contributed by atoms with Crippen LogP contribution in [0, 0.1) is 11.6 Å². The molecule has 2 aromatic heterocycles. The van der Waals surface area contributed by atoms with Gasteiger partial charge in [-0.25, -0.2) is 17.2 Å². The number of H-pyrrole nitrogens is 1. The second-order valence-electron chi connectivity index (χ2n) is 12.3. The van der Waals surface area contributed by atoms with Gasteiger partial charge in [-0.05, 0) is 75.2 Å². The number of ketones is 1. The van der Waals surface area contributed by atoms with Crippen LogP contribution in [0.4, 0.5) is 31.9 Å². The van der Waals surface area contributed by atoms with E-state index < -0.39 is 15.8 Å². The van der Waals surface area contributed by atoms with E-state index in [4.69, 9.17) is 4.98 Å². The number of hydrogen-bond donors (Lipinski definition) is 3. The van der Waals surface area contributed by atoms with Gasteiger partial charge in [-0.1, -0.05) is 0 Å². The lowest BCUT2D eigenvalue weighted by atomic mass is 10.0. The fourth-order valence-electron chi connectivity index (χ4n) is 6.21. The molecule has 4 aromatic rings. The number of rotatable bonds is 9. The Kier molecular flexibility index (Phi) is 8.11. The van der Waals surface area contributed by atoms with E-state index in [1.165, 1.54) is 36.5 Å². The zero-order valence-electron chi connectivity index (χ0n) is 25.5. The Morgan fingerprint density at radius 1 is 0.978 bits per heavy atom. The molecule has 0 radical (unpaired) electrons. The molecule has 46 heavy (non-hydrogen) atoms. The van der Waals surface area contributed by atoms with E-state index in [2.05, 4.69) is 25.5 Å². The highest BCUT2D eigenvalue weighted by atomic mass is 32.2. The standard InChI is InChI=1S/C32H36F2N8O3S/c1-40-13-15-41(16-14-40)27-11-8-22(17-26(27)34)37-32-38-30-28(25(18-35-30)29(43)20-4-6-21(33)7-5-20)31(39-32)36-23-3-2-12-42(19-23)46(44,45)24-9-10-24/h4-8,11,17-18,23-24H,2-3,9-10,12-16,19H2,1H3,(H3,35,36,37,38,39)/t23-/m0/s1. The number of piperazine rings is 1. The molecule has 0 spiro atoms. The number of piperidine rings is 1. The number of aromatic nitrogens is 3. The van der Waals surface area contributed by atoms with E-state index in [1.54, 1.807) is 16.4 Å². The summed E-state index contributed by atoms with van der Waals surface area (Å²) in [7, 11) is -1.31. The second kappa shape index (κ2) is 12.2. The summed E-state index contributed by atoms with van der Waals surface area (Å²) in [5.74, 6) is -0.651. The molecule has 0 bridgehead atoms. The van der Waals surface area contributed by atoms with Gasteiger partial charge in [-0.3, -0.25) is 4.79 Å². The van der Waals surface area contributed by atoms with Gasteiger partial charge < -0.3 is 25.4 Å². The number of fused-ring (bicyclic) bond motifs is 1. The maximum atomic E-state index is 15.3. The van der Waals surface area contributed by atoms with Gasteiger partial charge in [0.25, 0.3) is 0 Å². The first-order valence-electron chi connectivity index (χ1n) is 15.6. The van der Waals surface area contributed by atoms with Crippen molar-refractivity contribution in [1.29, 1.82) is 0 Å². The molecule has 2 aromatic carbocycles. The molecule has 0 amide bonds. The first kappa shape index (κ1) is 30.5. The SMILES string of the molecule is CN1CCN(c2ccc(Nc3nc(N[C@H]4CCCN(S(=O)(=O)C5CC5)C4)c4c(C(=O)c5ccc(F)cc5)c[nH]c4n3)cc2F)CC1. The topological polar surface area (TPSA) is 127 Å². The van der Waals surface area contributed by atoms with E-state index in [1.807, 2.05) is 11.9 Å². The van der Waals surface area contributed by atoms with Crippen LogP contribution < -0.4 is 15.5 Å². The van der Waals surface area contributed by atoms with Crippen LogP contribution in [0.25, 0.3) is 11.0 Å². The normalized spacial score (nSPS) is 19.8. The van der Waals surface area contributed by atoms with Crippen LogP contribution in [0.1, 0.15) is 41.6 Å². The number of benzene rings is 2. The maximum Gasteiger partial charge on any atom is 0.231 e. The van der Waals surface area contributed by atoms with Crippen LogP contribution in [0.15, 0.2) is 48.7 Å². The predicted molar refractivity (Wildman–Crippen MR) is 173 cm³/mol. The lowest BCUT2D eigenvalue weighted by Crippen LogP contribution is -2.46. The van der Waals surface area contributed by atoms with Crippen molar-refractivity contribution in [2.24, 2.45) is 0 Å². The Bertz CT molecular complexity index is 1870. The molecular weight excluding hydrogens is 614 g/mol. The van der Waals surface area contributed by atoms with Crippen LogP contribution in [-0.2, 0) is 10.0 Å². The van der Waals surface area contributed by atoms with E-state index in [0.717, 1.165) is 26.2 Å². The van der Waals surface area contributed by atoms with Crippen molar-refractivity contribution in [3.8, 4) is 0 Å². The Morgan fingerprint density at radius 3 is 2.46 bits per heavy atom. The lowest BCUT2D eigenvalue weighted by molar-refractivity contribution is 0.104. The Labute approximate surface area is 266 Å². The molecule has 1 atom stereocenters. The molecule has 2 saturated heterocycles. The summed E-state index contributed by atoms with van der Waals surface area (Å²) in [4.78, 5) is 30.2. The smallest absolute Gasteiger partial charge is 0.231 e. The fourth-order valence-corrected chi connectivity index (χ4v) is 8.13. The van der Waals surface area contributed by atoms with E-state index >= 15 is 4.39 Å². The molecule has 1 saturated carbocycles. The van der Waals surface area contributed by atoms with Crippen LogP contribution in [-0.4, -0.2) is 96.0 Å². The van der Waals surface area contributed by atoms with E-state index in [-0.39, 0.29) is 40.9 Å². The maximum absolute atomic E-state index is 15.3. The number of aromatic amines is 1. The molecule has 11 nitrogen and oxygen atoms in total. The molecule has 242 valence electrons. The lowest BCUT2D eigenvalue weighted by Gasteiger charge is -2.34. The molecule has 3 aliphatic rings. The molecule has 2 aliphatic heterocycles. The van der Waals surface area contributed by atoms with Crippen molar-refractivity contribution in [2.45, 2.75) is 37.0 Å². The van der Waals surface area contributed by atoms with Crippen molar-refractivity contribution < 1.29 is 22.0 Å². The van der Waals surface area contributed by atoms with Gasteiger partial charge in [0.1, 0.15) is 23.1 Å². The first-order chi connectivity index (χ1) is 22.2. The number of hydrogen-bond acceptors (Lipinski definition) is 9. The fraction of sp³-hybridized carbons (Fsp3) is 0.406. The number of nitrogens with zero attached hydrogens (tertiary/aromatic N) is 5. The summed E-state index contributed by atoms with van der Waals surface area (Å²) in [6.45, 7) is 3.93. The van der Waals surface area contributed by atoms with Crippen molar-refractivity contribution in [1.82, 2.24) is 24.2 Å². The molecule has 14 heteroatoms. The minimum atomic E-state index is -3.36. The van der Waals surface area contributed by atoms with E-state index in [0.29, 0.717) is 66.0 Å². The van der Waals surface area contributed by atoms with Crippen LogP contribution >= 0.6 is 0 Å². The van der Waals surface area contributed by atoms with Gasteiger partial charge in [0.2, 0.25) is 16.0 Å². The van der Waals surface area contributed by atoms with Gasteiger partial charge in [0.15, 0.2) is 5.78 Å². The third-order valence-corrected chi connectivity index (χ3v) is 11.3. The molecular formula is C32H36F2N8O3S. The van der Waals surface area contributed by atoms with Gasteiger partial charge in [0, 0.05) is 62.8 Å². The monoisotopic (exact) mass is 650 g/mol. The predicted octanol–water partition coefficient (Wildman–Crippen LogP) is 4.33. The van der Waals surface area contributed by atoms with Crippen LogP contribution in [0.3, 0.4) is 0 Å². The largest absolute Gasteiger partial charge is 0.367 e. The van der Waals surface area contributed by atoms with Crippen molar-refractivity contribution in [3.05, 3.63) is 71.4 Å². The Morgan fingerprint density at radius 2 is 1.74 bits per heavy atom. The van der Waals surface area contributed by atoms with Gasteiger partial charge in [-0.2, -0.15) is 14.3 Å². The third kappa shape index (κ3) is 6.16. The highest BCUT2D eigenvalue weighted by molar-refractivity contribution is 7.90. The summed E-state index contributed by atoms with van der Waals surface area (Å²) in [5.41, 5.74) is 1.93. The molecule has 3 fully saturated rings. The zero-order valence-corrected chi connectivity index (χ0v) is 26.3. The Balaban J connectivity index is 1.20. The minimum absolute atomic E-state index is 0.169. The first-order valence-corrected chi connectivity index (χ1v) is 17.1. The minimum Gasteiger partial charge on any atom is -0.367 e. The molecule has 7 rings (SSSR count).